The van der Waals surface area contributed by atoms with E-state index in [1.54, 1.807) is 6.92 Å². The summed E-state index contributed by atoms with van der Waals surface area (Å²) in [6.07, 6.45) is 2.20. The van der Waals surface area contributed by atoms with Gasteiger partial charge in [-0.2, -0.15) is 0 Å². The van der Waals surface area contributed by atoms with Crippen molar-refractivity contribution in [2.24, 2.45) is 0 Å². The number of nitrogens with zero attached hydrogens (tertiary/aromatic N) is 1. The summed E-state index contributed by atoms with van der Waals surface area (Å²) in [5.74, 6) is 0.0898. The third-order valence-corrected chi connectivity index (χ3v) is 4.18. The van der Waals surface area contributed by atoms with Crippen molar-refractivity contribution in [2.45, 2.75) is 33.6 Å². The molecule has 1 rings (SSSR count). The van der Waals surface area contributed by atoms with Crippen molar-refractivity contribution in [1.29, 1.82) is 0 Å². The first-order chi connectivity index (χ1) is 9.02. The fourth-order valence-electron chi connectivity index (χ4n) is 1.90. The molecule has 0 saturated carbocycles. The molecule has 0 saturated heterocycles. The quantitative estimate of drug-likeness (QED) is 0.798. The van der Waals surface area contributed by atoms with Gasteiger partial charge in [0, 0.05) is 24.5 Å². The van der Waals surface area contributed by atoms with Crippen molar-refractivity contribution < 1.29 is 8.42 Å². The van der Waals surface area contributed by atoms with Gasteiger partial charge in [0.1, 0.15) is 0 Å². The third kappa shape index (κ3) is 5.11. The van der Waals surface area contributed by atoms with Gasteiger partial charge in [-0.1, -0.05) is 13.8 Å². The van der Waals surface area contributed by atoms with Crippen molar-refractivity contribution in [3.63, 3.8) is 0 Å². The van der Waals surface area contributed by atoms with E-state index in [1.165, 1.54) is 0 Å². The number of anilines is 2. The molecule has 1 aromatic rings. The van der Waals surface area contributed by atoms with Crippen LogP contribution in [0.5, 0.6) is 0 Å². The predicted molar refractivity (Wildman–Crippen MR) is 82.3 cm³/mol. The molecule has 4 nitrogen and oxygen atoms in total. The first kappa shape index (κ1) is 15.8. The van der Waals surface area contributed by atoms with Crippen LogP contribution in [-0.4, -0.2) is 27.3 Å². The molecule has 0 unspecified atom stereocenters. The maximum absolute atomic E-state index is 11.5. The van der Waals surface area contributed by atoms with Crippen molar-refractivity contribution in [3.05, 3.63) is 24.3 Å². The van der Waals surface area contributed by atoms with Crippen LogP contribution in [0.4, 0.5) is 11.4 Å². The largest absolute Gasteiger partial charge is 0.372 e. The number of hydrogen-bond acceptors (Lipinski definition) is 3. The highest BCUT2D eigenvalue weighted by atomic mass is 32.2. The van der Waals surface area contributed by atoms with Crippen LogP contribution in [0.1, 0.15) is 33.6 Å². The Bertz CT molecular complexity index is 463. The van der Waals surface area contributed by atoms with Gasteiger partial charge in [0.05, 0.1) is 5.75 Å². The molecule has 0 spiro atoms. The minimum Gasteiger partial charge on any atom is -0.372 e. The molecular formula is C14H24N2O2S. The fourth-order valence-corrected chi connectivity index (χ4v) is 2.54. The minimum atomic E-state index is -3.19. The van der Waals surface area contributed by atoms with Crippen molar-refractivity contribution in [2.75, 3.05) is 28.5 Å². The number of nitrogens with one attached hydrogen (secondary N) is 1. The summed E-state index contributed by atoms with van der Waals surface area (Å²) in [6.45, 7) is 7.99. The smallest absolute Gasteiger partial charge is 0.232 e. The van der Waals surface area contributed by atoms with E-state index in [0.717, 1.165) is 31.6 Å². The van der Waals surface area contributed by atoms with E-state index in [1.807, 2.05) is 24.3 Å². The number of rotatable bonds is 8. The highest BCUT2D eigenvalue weighted by Gasteiger charge is 2.08. The van der Waals surface area contributed by atoms with Crippen LogP contribution < -0.4 is 9.62 Å². The second-order valence-electron chi connectivity index (χ2n) is 4.54. The molecule has 1 N–H and O–H groups in total. The van der Waals surface area contributed by atoms with E-state index in [9.17, 15) is 8.42 Å². The molecule has 19 heavy (non-hydrogen) atoms. The Labute approximate surface area is 116 Å². The van der Waals surface area contributed by atoms with Crippen molar-refractivity contribution in [3.8, 4) is 0 Å². The summed E-state index contributed by atoms with van der Waals surface area (Å²) in [4.78, 5) is 2.32. The Morgan fingerprint density at radius 1 is 1.00 bits per heavy atom. The monoisotopic (exact) mass is 284 g/mol. The van der Waals surface area contributed by atoms with E-state index in [-0.39, 0.29) is 5.75 Å². The number of hydrogen-bond donors (Lipinski definition) is 1. The third-order valence-electron chi connectivity index (χ3n) is 2.87. The number of sulfonamides is 1. The van der Waals surface area contributed by atoms with Crippen molar-refractivity contribution in [1.82, 2.24) is 0 Å². The Hall–Kier alpha value is -1.23. The lowest BCUT2D eigenvalue weighted by molar-refractivity contribution is 0.602. The Morgan fingerprint density at radius 3 is 1.95 bits per heavy atom. The highest BCUT2D eigenvalue weighted by molar-refractivity contribution is 7.92. The Kier molecular flexibility index (Phi) is 6.15. The standard InChI is InChI=1S/C14H24N2O2S/c1-4-11-16(12-5-2)14-9-7-13(8-10-14)15-19(17,18)6-3/h7-10,15H,4-6,11-12H2,1-3H3. The molecule has 1 aromatic carbocycles. The highest BCUT2D eigenvalue weighted by Crippen LogP contribution is 2.19. The van der Waals surface area contributed by atoms with Crippen LogP contribution in [0, 0.1) is 0 Å². The average molecular weight is 284 g/mol. The van der Waals surface area contributed by atoms with Crippen LogP contribution in [0.2, 0.25) is 0 Å². The molecule has 0 radical (unpaired) electrons. The van der Waals surface area contributed by atoms with Gasteiger partial charge in [-0.15, -0.1) is 0 Å². The second-order valence-corrected chi connectivity index (χ2v) is 6.55. The van der Waals surface area contributed by atoms with Crippen LogP contribution in [-0.2, 0) is 10.0 Å². The molecule has 108 valence electrons. The predicted octanol–water partition coefficient (Wildman–Crippen LogP) is 3.07. The summed E-state index contributed by atoms with van der Waals surface area (Å²) < 4.78 is 25.5. The van der Waals surface area contributed by atoms with E-state index < -0.39 is 10.0 Å². The summed E-state index contributed by atoms with van der Waals surface area (Å²) >= 11 is 0. The summed E-state index contributed by atoms with van der Waals surface area (Å²) in [5.41, 5.74) is 1.77. The van der Waals surface area contributed by atoms with Gasteiger partial charge < -0.3 is 4.90 Å². The van der Waals surface area contributed by atoms with E-state index in [0.29, 0.717) is 5.69 Å². The van der Waals surface area contributed by atoms with Gasteiger partial charge in [0.15, 0.2) is 0 Å². The molecule has 0 atom stereocenters. The summed E-state index contributed by atoms with van der Waals surface area (Å²) in [6, 6.07) is 7.58. The van der Waals surface area contributed by atoms with Crippen molar-refractivity contribution >= 4 is 21.4 Å². The van der Waals surface area contributed by atoms with Crippen LogP contribution >= 0.6 is 0 Å². The molecule has 0 heterocycles. The molecule has 0 amide bonds. The average Bonchev–Trinajstić information content (AvgIpc) is 2.39. The maximum atomic E-state index is 11.5. The molecular weight excluding hydrogens is 260 g/mol. The lowest BCUT2D eigenvalue weighted by Crippen LogP contribution is -2.24. The molecule has 5 heteroatoms. The Morgan fingerprint density at radius 2 is 1.53 bits per heavy atom. The van der Waals surface area contributed by atoms with Crippen LogP contribution in [0.3, 0.4) is 0 Å². The van der Waals surface area contributed by atoms with E-state index in [2.05, 4.69) is 23.5 Å². The molecule has 0 bridgehead atoms. The van der Waals surface area contributed by atoms with Gasteiger partial charge in [-0.25, -0.2) is 8.42 Å². The van der Waals surface area contributed by atoms with Gasteiger partial charge in [-0.3, -0.25) is 4.72 Å². The number of benzene rings is 1. The molecule has 0 aromatic heterocycles. The topological polar surface area (TPSA) is 49.4 Å². The van der Waals surface area contributed by atoms with E-state index in [4.69, 9.17) is 0 Å². The zero-order valence-corrected chi connectivity index (χ0v) is 12.8. The van der Waals surface area contributed by atoms with Gasteiger partial charge in [-0.05, 0) is 44.0 Å². The van der Waals surface area contributed by atoms with E-state index >= 15 is 0 Å². The van der Waals surface area contributed by atoms with Gasteiger partial charge in [0.25, 0.3) is 0 Å². The zero-order chi connectivity index (χ0) is 14.3. The maximum Gasteiger partial charge on any atom is 0.232 e. The first-order valence-electron chi connectivity index (χ1n) is 6.87. The molecule has 0 fully saturated rings. The second kappa shape index (κ2) is 7.38. The molecule has 0 aliphatic rings. The van der Waals surface area contributed by atoms with Gasteiger partial charge in [0.2, 0.25) is 10.0 Å². The molecule has 0 aliphatic carbocycles. The summed E-state index contributed by atoms with van der Waals surface area (Å²) in [7, 11) is -3.19. The first-order valence-corrected chi connectivity index (χ1v) is 8.53. The van der Waals surface area contributed by atoms with Crippen LogP contribution in [0.15, 0.2) is 24.3 Å². The minimum absolute atomic E-state index is 0.0898. The lowest BCUT2D eigenvalue weighted by Gasteiger charge is -2.24. The molecule has 0 aliphatic heterocycles. The van der Waals surface area contributed by atoms with Gasteiger partial charge >= 0.3 is 0 Å². The zero-order valence-electron chi connectivity index (χ0n) is 12.0. The van der Waals surface area contributed by atoms with Crippen LogP contribution in [0.25, 0.3) is 0 Å². The SMILES string of the molecule is CCCN(CCC)c1ccc(NS(=O)(=O)CC)cc1. The lowest BCUT2D eigenvalue weighted by atomic mass is 10.2. The normalized spacial score (nSPS) is 11.3. The summed E-state index contributed by atoms with van der Waals surface area (Å²) in [5, 5.41) is 0. The fraction of sp³-hybridized carbons (Fsp3) is 0.571. The Balaban J connectivity index is 2.79.